The summed E-state index contributed by atoms with van der Waals surface area (Å²) < 4.78 is 0. The number of carbonyl (C=O) groups excluding carboxylic acids is 1. The molecule has 2 rings (SSSR count). The summed E-state index contributed by atoms with van der Waals surface area (Å²) in [5.74, 6) is -0.228. The summed E-state index contributed by atoms with van der Waals surface area (Å²) in [5.41, 5.74) is 0. The molecule has 1 aliphatic heterocycles. The maximum atomic E-state index is 12.2. The molecular weight excluding hydrogens is 218 g/mol. The zero-order valence-corrected chi connectivity index (χ0v) is 10.4. The van der Waals surface area contributed by atoms with Gasteiger partial charge >= 0.3 is 5.97 Å². The third kappa shape index (κ3) is 2.61. The molecule has 3 unspecified atom stereocenters. The Labute approximate surface area is 102 Å². The molecule has 2 aliphatic rings. The van der Waals surface area contributed by atoms with E-state index in [0.29, 0.717) is 18.8 Å². The topological polar surface area (TPSA) is 57.6 Å². The van der Waals surface area contributed by atoms with Crippen molar-refractivity contribution >= 4 is 11.9 Å². The van der Waals surface area contributed by atoms with Gasteiger partial charge in [0.1, 0.15) is 0 Å². The van der Waals surface area contributed by atoms with Gasteiger partial charge in [0.2, 0.25) is 5.91 Å². The van der Waals surface area contributed by atoms with Crippen molar-refractivity contribution in [1.82, 2.24) is 4.90 Å². The van der Waals surface area contributed by atoms with E-state index in [0.717, 1.165) is 32.4 Å². The maximum absolute atomic E-state index is 12.2. The van der Waals surface area contributed by atoms with Crippen molar-refractivity contribution in [1.29, 1.82) is 0 Å². The summed E-state index contributed by atoms with van der Waals surface area (Å²) in [4.78, 5) is 25.0. The van der Waals surface area contributed by atoms with Crippen LogP contribution in [-0.2, 0) is 9.59 Å². The Kier molecular flexibility index (Phi) is 3.69. The number of hydrogen-bond donors (Lipinski definition) is 1. The molecule has 1 aliphatic carbocycles. The van der Waals surface area contributed by atoms with Crippen molar-refractivity contribution in [2.45, 2.75) is 39.0 Å². The van der Waals surface area contributed by atoms with Crippen LogP contribution in [0.25, 0.3) is 0 Å². The molecule has 17 heavy (non-hydrogen) atoms. The van der Waals surface area contributed by atoms with E-state index in [1.807, 2.05) is 4.90 Å². The van der Waals surface area contributed by atoms with Crippen LogP contribution in [0.5, 0.6) is 0 Å². The highest BCUT2D eigenvalue weighted by Crippen LogP contribution is 2.33. The molecule has 1 saturated heterocycles. The molecule has 1 saturated carbocycles. The molecule has 96 valence electrons. The Bertz CT molecular complexity index is 316. The van der Waals surface area contributed by atoms with Crippen molar-refractivity contribution in [3.05, 3.63) is 0 Å². The Morgan fingerprint density at radius 3 is 2.47 bits per heavy atom. The summed E-state index contributed by atoms with van der Waals surface area (Å²) in [7, 11) is 0. The largest absolute Gasteiger partial charge is 0.481 e. The lowest BCUT2D eigenvalue weighted by atomic mass is 10.0. The Morgan fingerprint density at radius 1 is 1.24 bits per heavy atom. The van der Waals surface area contributed by atoms with E-state index in [-0.39, 0.29) is 17.7 Å². The van der Waals surface area contributed by atoms with Crippen molar-refractivity contribution in [3.8, 4) is 0 Å². The van der Waals surface area contributed by atoms with Crippen LogP contribution >= 0.6 is 0 Å². The number of carboxylic acids is 1. The second kappa shape index (κ2) is 5.07. The number of aliphatic carboxylic acids is 1. The summed E-state index contributed by atoms with van der Waals surface area (Å²) in [6.07, 6.45) is 4.20. The number of hydrogen-bond acceptors (Lipinski definition) is 2. The first kappa shape index (κ1) is 12.4. The van der Waals surface area contributed by atoms with Crippen LogP contribution in [0.3, 0.4) is 0 Å². The van der Waals surface area contributed by atoms with Crippen LogP contribution in [0.1, 0.15) is 39.0 Å². The number of rotatable bonds is 3. The smallest absolute Gasteiger partial charge is 0.306 e. The lowest BCUT2D eigenvalue weighted by Crippen LogP contribution is -2.33. The van der Waals surface area contributed by atoms with E-state index in [2.05, 4.69) is 6.92 Å². The van der Waals surface area contributed by atoms with E-state index in [9.17, 15) is 9.59 Å². The fraction of sp³-hybridized carbons (Fsp3) is 0.846. The van der Waals surface area contributed by atoms with Gasteiger partial charge in [0, 0.05) is 19.0 Å². The first-order chi connectivity index (χ1) is 8.11. The molecule has 1 amide bonds. The second-order valence-electron chi connectivity index (χ2n) is 5.39. The van der Waals surface area contributed by atoms with E-state index in [1.54, 1.807) is 0 Å². The van der Waals surface area contributed by atoms with Gasteiger partial charge in [-0.1, -0.05) is 13.3 Å². The van der Waals surface area contributed by atoms with Gasteiger partial charge in [0.15, 0.2) is 0 Å². The van der Waals surface area contributed by atoms with E-state index >= 15 is 0 Å². The number of carboxylic acid groups (broad SMARTS) is 1. The van der Waals surface area contributed by atoms with Gasteiger partial charge in [-0.05, 0) is 31.6 Å². The minimum Gasteiger partial charge on any atom is -0.481 e. The molecule has 3 atom stereocenters. The lowest BCUT2D eigenvalue weighted by Gasteiger charge is -2.20. The van der Waals surface area contributed by atoms with Crippen molar-refractivity contribution in [2.24, 2.45) is 17.8 Å². The highest BCUT2D eigenvalue weighted by Gasteiger charge is 2.37. The number of nitrogens with zero attached hydrogens (tertiary/aromatic N) is 1. The van der Waals surface area contributed by atoms with Gasteiger partial charge in [-0.3, -0.25) is 9.59 Å². The van der Waals surface area contributed by atoms with Crippen molar-refractivity contribution in [3.63, 3.8) is 0 Å². The molecular formula is C13H21NO3. The predicted octanol–water partition coefficient (Wildman–Crippen LogP) is 1.75. The summed E-state index contributed by atoms with van der Waals surface area (Å²) in [6, 6.07) is 0. The Balaban J connectivity index is 1.87. The van der Waals surface area contributed by atoms with Crippen LogP contribution in [0.4, 0.5) is 0 Å². The molecule has 1 N–H and O–H groups in total. The SMILES string of the molecule is CCC1CCN(C(=O)C2CCC(C(=O)O)C2)C1. The zero-order chi connectivity index (χ0) is 12.4. The van der Waals surface area contributed by atoms with Gasteiger partial charge in [0.25, 0.3) is 0 Å². The van der Waals surface area contributed by atoms with Gasteiger partial charge in [-0.25, -0.2) is 0 Å². The first-order valence-electron chi connectivity index (χ1n) is 6.63. The third-order valence-electron chi connectivity index (χ3n) is 4.31. The molecule has 0 bridgehead atoms. The highest BCUT2D eigenvalue weighted by molar-refractivity contribution is 5.81. The van der Waals surface area contributed by atoms with Crippen LogP contribution in [0, 0.1) is 17.8 Å². The molecule has 2 fully saturated rings. The van der Waals surface area contributed by atoms with Crippen LogP contribution in [0.15, 0.2) is 0 Å². The summed E-state index contributed by atoms with van der Waals surface area (Å²) in [5, 5.41) is 8.93. The zero-order valence-electron chi connectivity index (χ0n) is 10.4. The van der Waals surface area contributed by atoms with E-state index in [4.69, 9.17) is 5.11 Å². The summed E-state index contributed by atoms with van der Waals surface area (Å²) >= 11 is 0. The average molecular weight is 239 g/mol. The molecule has 0 aromatic carbocycles. The minimum atomic E-state index is -0.742. The lowest BCUT2D eigenvalue weighted by molar-refractivity contribution is -0.141. The van der Waals surface area contributed by atoms with E-state index in [1.165, 1.54) is 0 Å². The van der Waals surface area contributed by atoms with Crippen LogP contribution in [-0.4, -0.2) is 35.0 Å². The fourth-order valence-corrected chi connectivity index (χ4v) is 3.05. The van der Waals surface area contributed by atoms with Gasteiger partial charge in [-0.2, -0.15) is 0 Å². The van der Waals surface area contributed by atoms with Crippen molar-refractivity contribution in [2.75, 3.05) is 13.1 Å². The number of carbonyl (C=O) groups is 2. The first-order valence-corrected chi connectivity index (χ1v) is 6.63. The molecule has 0 radical (unpaired) electrons. The molecule has 0 aromatic rings. The Hall–Kier alpha value is -1.06. The van der Waals surface area contributed by atoms with E-state index < -0.39 is 5.97 Å². The standard InChI is InChI=1S/C13H21NO3/c1-2-9-5-6-14(8-9)12(15)10-3-4-11(7-10)13(16)17/h9-11H,2-8H2,1H3,(H,16,17). The third-order valence-corrected chi connectivity index (χ3v) is 4.31. The van der Waals surface area contributed by atoms with Gasteiger partial charge in [-0.15, -0.1) is 0 Å². The van der Waals surface area contributed by atoms with Crippen LogP contribution < -0.4 is 0 Å². The summed E-state index contributed by atoms with van der Waals surface area (Å²) in [6.45, 7) is 3.91. The number of amides is 1. The highest BCUT2D eigenvalue weighted by atomic mass is 16.4. The average Bonchev–Trinajstić information content (AvgIpc) is 2.97. The van der Waals surface area contributed by atoms with Gasteiger partial charge in [0.05, 0.1) is 5.92 Å². The van der Waals surface area contributed by atoms with Crippen LogP contribution in [0.2, 0.25) is 0 Å². The molecule has 0 aromatic heterocycles. The van der Waals surface area contributed by atoms with Crippen molar-refractivity contribution < 1.29 is 14.7 Å². The number of likely N-dealkylation sites (tertiary alicyclic amines) is 1. The normalized spacial score (nSPS) is 33.0. The second-order valence-corrected chi connectivity index (χ2v) is 5.39. The fourth-order valence-electron chi connectivity index (χ4n) is 3.05. The molecule has 0 spiro atoms. The maximum Gasteiger partial charge on any atom is 0.306 e. The minimum absolute atomic E-state index is 0.0355. The Morgan fingerprint density at radius 2 is 1.94 bits per heavy atom. The molecule has 4 heteroatoms. The molecule has 4 nitrogen and oxygen atoms in total. The molecule has 1 heterocycles. The van der Waals surface area contributed by atoms with Gasteiger partial charge < -0.3 is 10.0 Å². The predicted molar refractivity (Wildman–Crippen MR) is 63.4 cm³/mol. The monoisotopic (exact) mass is 239 g/mol. The quantitative estimate of drug-likeness (QED) is 0.816.